The third-order valence-electron chi connectivity index (χ3n) is 5.05. The van der Waals surface area contributed by atoms with E-state index in [9.17, 15) is 13.6 Å². The lowest BCUT2D eigenvalue weighted by Crippen LogP contribution is -2.47. The fourth-order valence-electron chi connectivity index (χ4n) is 3.45. The van der Waals surface area contributed by atoms with Gasteiger partial charge in [0.25, 0.3) is 5.92 Å². The molecule has 0 saturated carbocycles. The molecule has 0 atom stereocenters. The number of alkyl halides is 2. The van der Waals surface area contributed by atoms with Crippen LogP contribution in [-0.2, 0) is 4.79 Å². The van der Waals surface area contributed by atoms with Crippen molar-refractivity contribution in [1.82, 2.24) is 4.90 Å². The molecule has 0 aliphatic carbocycles. The first-order valence-corrected chi connectivity index (χ1v) is 8.43. The van der Waals surface area contributed by atoms with E-state index in [0.29, 0.717) is 0 Å². The molecule has 2 aliphatic rings. The Bertz CT molecular complexity index is 541. The second-order valence-corrected chi connectivity index (χ2v) is 6.78. The second kappa shape index (κ2) is 6.46. The topological polar surface area (TPSA) is 23.6 Å². The first-order chi connectivity index (χ1) is 10.9. The standard InChI is InChI=1S/C18H24F2N2O/c1-14-2-4-16(5-3-14)21-10-6-15(7-11-21)17(23)22-12-8-18(19,20)9-13-22/h2-5,15H,6-13H2,1H3. The van der Waals surface area contributed by atoms with Crippen LogP contribution < -0.4 is 4.90 Å². The number of anilines is 1. The van der Waals surface area contributed by atoms with Gasteiger partial charge in [0.05, 0.1) is 0 Å². The number of amides is 1. The van der Waals surface area contributed by atoms with Gasteiger partial charge in [0.1, 0.15) is 0 Å². The summed E-state index contributed by atoms with van der Waals surface area (Å²) in [5, 5.41) is 0. The van der Waals surface area contributed by atoms with Crippen molar-refractivity contribution in [3.8, 4) is 0 Å². The van der Waals surface area contributed by atoms with Gasteiger partial charge in [0, 0.05) is 50.6 Å². The van der Waals surface area contributed by atoms with Crippen LogP contribution in [0.2, 0.25) is 0 Å². The second-order valence-electron chi connectivity index (χ2n) is 6.78. The first-order valence-electron chi connectivity index (χ1n) is 8.43. The van der Waals surface area contributed by atoms with E-state index >= 15 is 0 Å². The van der Waals surface area contributed by atoms with Gasteiger partial charge in [-0.2, -0.15) is 0 Å². The van der Waals surface area contributed by atoms with Crippen molar-refractivity contribution in [2.24, 2.45) is 5.92 Å². The maximum absolute atomic E-state index is 13.2. The number of aryl methyl sites for hydroxylation is 1. The zero-order valence-electron chi connectivity index (χ0n) is 13.6. The van der Waals surface area contributed by atoms with E-state index in [4.69, 9.17) is 0 Å². The summed E-state index contributed by atoms with van der Waals surface area (Å²) in [6, 6.07) is 8.43. The van der Waals surface area contributed by atoms with E-state index in [1.807, 2.05) is 0 Å². The van der Waals surface area contributed by atoms with Crippen LogP contribution in [0.1, 0.15) is 31.2 Å². The zero-order valence-corrected chi connectivity index (χ0v) is 13.6. The highest BCUT2D eigenvalue weighted by molar-refractivity contribution is 5.79. The molecule has 3 rings (SSSR count). The Hall–Kier alpha value is -1.65. The Balaban J connectivity index is 1.52. The van der Waals surface area contributed by atoms with Crippen molar-refractivity contribution < 1.29 is 13.6 Å². The Morgan fingerprint density at radius 3 is 2.17 bits per heavy atom. The smallest absolute Gasteiger partial charge is 0.251 e. The molecule has 126 valence electrons. The Labute approximate surface area is 136 Å². The summed E-state index contributed by atoms with van der Waals surface area (Å²) in [4.78, 5) is 16.5. The van der Waals surface area contributed by atoms with Crippen LogP contribution in [0.25, 0.3) is 0 Å². The Kier molecular flexibility index (Phi) is 4.55. The summed E-state index contributed by atoms with van der Waals surface area (Å²) in [6.45, 7) is 4.16. The van der Waals surface area contributed by atoms with Gasteiger partial charge in [0.2, 0.25) is 5.91 Å². The van der Waals surface area contributed by atoms with Crippen molar-refractivity contribution in [2.45, 2.75) is 38.5 Å². The van der Waals surface area contributed by atoms with Crippen LogP contribution in [0, 0.1) is 12.8 Å². The normalized spacial score (nSPS) is 22.2. The predicted octanol–water partition coefficient (Wildman–Crippen LogP) is 3.47. The number of hydrogen-bond acceptors (Lipinski definition) is 2. The summed E-state index contributed by atoms with van der Waals surface area (Å²) in [5.74, 6) is -2.53. The minimum atomic E-state index is -2.59. The van der Waals surface area contributed by atoms with Crippen LogP contribution in [0.5, 0.6) is 0 Å². The highest BCUT2D eigenvalue weighted by atomic mass is 19.3. The number of benzene rings is 1. The van der Waals surface area contributed by atoms with Crippen molar-refractivity contribution >= 4 is 11.6 Å². The van der Waals surface area contributed by atoms with Crippen molar-refractivity contribution in [3.05, 3.63) is 29.8 Å². The Morgan fingerprint density at radius 2 is 1.61 bits per heavy atom. The summed E-state index contributed by atoms with van der Waals surface area (Å²) in [6.07, 6.45) is 1.22. The predicted molar refractivity (Wildman–Crippen MR) is 86.9 cm³/mol. The SMILES string of the molecule is Cc1ccc(N2CCC(C(=O)N3CCC(F)(F)CC3)CC2)cc1. The molecule has 0 unspecified atom stereocenters. The van der Waals surface area contributed by atoms with Crippen LogP contribution in [0.15, 0.2) is 24.3 Å². The number of halogens is 2. The molecule has 2 aliphatic heterocycles. The molecule has 1 aromatic rings. The van der Waals surface area contributed by atoms with Gasteiger partial charge in [-0.1, -0.05) is 17.7 Å². The molecule has 0 bridgehead atoms. The molecule has 2 saturated heterocycles. The van der Waals surface area contributed by atoms with E-state index < -0.39 is 5.92 Å². The highest BCUT2D eigenvalue weighted by Crippen LogP contribution is 2.30. The molecular formula is C18H24F2N2O. The molecule has 1 amide bonds. The number of hydrogen-bond donors (Lipinski definition) is 0. The van der Waals surface area contributed by atoms with Gasteiger partial charge >= 0.3 is 0 Å². The summed E-state index contributed by atoms with van der Waals surface area (Å²) < 4.78 is 26.4. The summed E-state index contributed by atoms with van der Waals surface area (Å²) in [5.41, 5.74) is 2.43. The van der Waals surface area contributed by atoms with E-state index in [-0.39, 0.29) is 37.8 Å². The van der Waals surface area contributed by atoms with Gasteiger partial charge in [-0.05, 0) is 31.9 Å². The van der Waals surface area contributed by atoms with Gasteiger partial charge in [-0.3, -0.25) is 4.79 Å². The van der Waals surface area contributed by atoms with Crippen molar-refractivity contribution in [1.29, 1.82) is 0 Å². The molecule has 2 heterocycles. The molecule has 0 radical (unpaired) electrons. The number of rotatable bonds is 2. The van der Waals surface area contributed by atoms with Gasteiger partial charge < -0.3 is 9.80 Å². The van der Waals surface area contributed by atoms with Crippen molar-refractivity contribution in [3.63, 3.8) is 0 Å². The lowest BCUT2D eigenvalue weighted by Gasteiger charge is -2.37. The number of piperidine rings is 2. The number of carbonyl (C=O) groups excluding carboxylic acids is 1. The van der Waals surface area contributed by atoms with E-state index in [1.165, 1.54) is 11.3 Å². The van der Waals surface area contributed by atoms with Crippen LogP contribution in [0.3, 0.4) is 0 Å². The fourth-order valence-corrected chi connectivity index (χ4v) is 3.45. The molecule has 2 fully saturated rings. The van der Waals surface area contributed by atoms with E-state index in [1.54, 1.807) is 4.90 Å². The molecule has 5 heteroatoms. The lowest BCUT2D eigenvalue weighted by atomic mass is 9.93. The van der Waals surface area contributed by atoms with Gasteiger partial charge in [-0.15, -0.1) is 0 Å². The highest BCUT2D eigenvalue weighted by Gasteiger charge is 2.37. The molecule has 3 nitrogen and oxygen atoms in total. The molecule has 1 aromatic carbocycles. The van der Waals surface area contributed by atoms with E-state index in [0.717, 1.165) is 25.9 Å². The maximum atomic E-state index is 13.2. The number of carbonyl (C=O) groups is 1. The molecule has 0 spiro atoms. The van der Waals surface area contributed by atoms with Crippen LogP contribution in [0.4, 0.5) is 14.5 Å². The molecular weight excluding hydrogens is 298 g/mol. The molecule has 0 aromatic heterocycles. The van der Waals surface area contributed by atoms with Crippen LogP contribution in [-0.4, -0.2) is 42.9 Å². The lowest BCUT2D eigenvalue weighted by molar-refractivity contribution is -0.142. The molecule has 0 N–H and O–H groups in total. The van der Waals surface area contributed by atoms with E-state index in [2.05, 4.69) is 36.1 Å². The van der Waals surface area contributed by atoms with Crippen molar-refractivity contribution in [2.75, 3.05) is 31.1 Å². The molecule has 23 heavy (non-hydrogen) atoms. The zero-order chi connectivity index (χ0) is 16.4. The van der Waals surface area contributed by atoms with Gasteiger partial charge in [-0.25, -0.2) is 8.78 Å². The van der Waals surface area contributed by atoms with Gasteiger partial charge in [0.15, 0.2) is 0 Å². The monoisotopic (exact) mass is 322 g/mol. The maximum Gasteiger partial charge on any atom is 0.251 e. The summed E-state index contributed by atoms with van der Waals surface area (Å²) in [7, 11) is 0. The van der Waals surface area contributed by atoms with Crippen LogP contribution >= 0.6 is 0 Å². The largest absolute Gasteiger partial charge is 0.371 e. The third-order valence-corrected chi connectivity index (χ3v) is 5.05. The first kappa shape index (κ1) is 16.2. The fraction of sp³-hybridized carbons (Fsp3) is 0.611. The minimum absolute atomic E-state index is 0.0107. The summed E-state index contributed by atoms with van der Waals surface area (Å²) >= 11 is 0. The number of nitrogens with zero attached hydrogens (tertiary/aromatic N) is 2. The quantitative estimate of drug-likeness (QED) is 0.832. The Morgan fingerprint density at radius 1 is 1.04 bits per heavy atom. The number of likely N-dealkylation sites (tertiary alicyclic amines) is 1. The average Bonchev–Trinajstić information content (AvgIpc) is 2.55. The average molecular weight is 322 g/mol. The third kappa shape index (κ3) is 3.82. The minimum Gasteiger partial charge on any atom is -0.371 e.